The monoisotopic (exact) mass is 245 g/mol. The number of nitrogen functional groups attached to an aromatic ring is 1. The summed E-state index contributed by atoms with van der Waals surface area (Å²) < 4.78 is 12.7. The third-order valence-corrected chi connectivity index (χ3v) is 2.58. The van der Waals surface area contributed by atoms with Gasteiger partial charge in [0.25, 0.3) is 5.91 Å². The number of nitrogens with one attached hydrogen (secondary N) is 1. The molecule has 0 atom stereocenters. The maximum Gasteiger partial charge on any atom is 0.274 e. The fourth-order valence-corrected chi connectivity index (χ4v) is 1.49. The number of carbonyl (C=O) groups is 1. The van der Waals surface area contributed by atoms with Gasteiger partial charge in [0.1, 0.15) is 11.5 Å². The molecule has 0 bridgehead atoms. The summed E-state index contributed by atoms with van der Waals surface area (Å²) >= 11 is 0. The number of halogens is 1. The lowest BCUT2D eigenvalue weighted by Crippen LogP contribution is -2.14. The molecule has 0 saturated carbocycles. The lowest BCUT2D eigenvalue weighted by Gasteiger charge is -2.09. The first-order chi connectivity index (χ1) is 8.58. The van der Waals surface area contributed by atoms with Crippen molar-refractivity contribution in [2.75, 3.05) is 11.1 Å². The molecule has 2 aromatic rings. The van der Waals surface area contributed by atoms with E-state index in [1.54, 1.807) is 18.2 Å². The molecule has 5 heteroatoms. The van der Waals surface area contributed by atoms with Gasteiger partial charge in [-0.3, -0.25) is 4.79 Å². The first-order valence-corrected chi connectivity index (χ1v) is 5.36. The van der Waals surface area contributed by atoms with Gasteiger partial charge in [0.15, 0.2) is 0 Å². The van der Waals surface area contributed by atoms with E-state index in [4.69, 9.17) is 5.73 Å². The standard InChI is InChI=1S/C13H12FN3O/c1-8-10(15)3-2-4-11(8)17-13(18)12-6-5-9(14)7-16-12/h2-7H,15H2,1H3,(H,17,18). The van der Waals surface area contributed by atoms with Crippen LogP contribution in [0.15, 0.2) is 36.5 Å². The van der Waals surface area contributed by atoms with E-state index in [1.165, 1.54) is 12.1 Å². The van der Waals surface area contributed by atoms with Crippen molar-refractivity contribution in [1.29, 1.82) is 0 Å². The molecule has 0 fully saturated rings. The molecule has 1 aromatic heterocycles. The second kappa shape index (κ2) is 4.83. The van der Waals surface area contributed by atoms with E-state index in [-0.39, 0.29) is 5.69 Å². The number of amides is 1. The molecule has 18 heavy (non-hydrogen) atoms. The number of hydrogen-bond donors (Lipinski definition) is 2. The van der Waals surface area contributed by atoms with Crippen LogP contribution in [-0.4, -0.2) is 10.9 Å². The average molecular weight is 245 g/mol. The number of pyridine rings is 1. The van der Waals surface area contributed by atoms with Crippen LogP contribution in [0.2, 0.25) is 0 Å². The number of carbonyl (C=O) groups excluding carboxylic acids is 1. The number of benzene rings is 1. The number of nitrogens with two attached hydrogens (primary N) is 1. The summed E-state index contributed by atoms with van der Waals surface area (Å²) in [5.74, 6) is -0.879. The number of aromatic nitrogens is 1. The first kappa shape index (κ1) is 12.0. The highest BCUT2D eigenvalue weighted by atomic mass is 19.1. The van der Waals surface area contributed by atoms with Crippen molar-refractivity contribution >= 4 is 17.3 Å². The molecular formula is C13H12FN3O. The molecule has 3 N–H and O–H groups in total. The maximum absolute atomic E-state index is 12.7. The van der Waals surface area contributed by atoms with Crippen LogP contribution in [0.1, 0.15) is 16.1 Å². The predicted molar refractivity (Wildman–Crippen MR) is 67.7 cm³/mol. The Kier molecular flexibility index (Phi) is 3.23. The Bertz CT molecular complexity index is 581. The minimum absolute atomic E-state index is 0.151. The zero-order valence-electron chi connectivity index (χ0n) is 9.77. The van der Waals surface area contributed by atoms with Gasteiger partial charge < -0.3 is 11.1 Å². The van der Waals surface area contributed by atoms with Gasteiger partial charge in [-0.05, 0) is 36.8 Å². The Morgan fingerprint density at radius 1 is 1.33 bits per heavy atom. The minimum Gasteiger partial charge on any atom is -0.398 e. The van der Waals surface area contributed by atoms with Gasteiger partial charge in [0.05, 0.1) is 6.20 Å². The van der Waals surface area contributed by atoms with Crippen LogP contribution in [0.5, 0.6) is 0 Å². The van der Waals surface area contributed by atoms with Crippen molar-refractivity contribution in [3.8, 4) is 0 Å². The largest absolute Gasteiger partial charge is 0.398 e. The van der Waals surface area contributed by atoms with Crippen molar-refractivity contribution in [3.05, 3.63) is 53.6 Å². The van der Waals surface area contributed by atoms with Crippen molar-refractivity contribution < 1.29 is 9.18 Å². The fraction of sp³-hybridized carbons (Fsp3) is 0.0769. The fourth-order valence-electron chi connectivity index (χ4n) is 1.49. The van der Waals surface area contributed by atoms with Gasteiger partial charge in [0.2, 0.25) is 0 Å². The lowest BCUT2D eigenvalue weighted by molar-refractivity contribution is 0.102. The second-order valence-corrected chi connectivity index (χ2v) is 3.84. The summed E-state index contributed by atoms with van der Waals surface area (Å²) in [4.78, 5) is 15.6. The third-order valence-electron chi connectivity index (χ3n) is 2.58. The highest BCUT2D eigenvalue weighted by Gasteiger charge is 2.09. The Morgan fingerprint density at radius 2 is 2.11 bits per heavy atom. The van der Waals surface area contributed by atoms with Gasteiger partial charge in [-0.1, -0.05) is 6.07 Å². The molecule has 0 saturated heterocycles. The molecule has 0 aliphatic rings. The summed E-state index contributed by atoms with van der Waals surface area (Å²) in [7, 11) is 0. The minimum atomic E-state index is -0.480. The van der Waals surface area contributed by atoms with Crippen molar-refractivity contribution in [3.63, 3.8) is 0 Å². The summed E-state index contributed by atoms with van der Waals surface area (Å²) in [6.45, 7) is 1.81. The molecule has 0 spiro atoms. The maximum atomic E-state index is 12.7. The second-order valence-electron chi connectivity index (χ2n) is 3.84. The predicted octanol–water partition coefficient (Wildman–Crippen LogP) is 2.36. The van der Waals surface area contributed by atoms with Crippen LogP contribution in [0.4, 0.5) is 15.8 Å². The Balaban J connectivity index is 2.21. The van der Waals surface area contributed by atoms with Crippen molar-refractivity contribution in [2.45, 2.75) is 6.92 Å². The topological polar surface area (TPSA) is 68.0 Å². The van der Waals surface area contributed by atoms with Crippen LogP contribution in [0, 0.1) is 12.7 Å². The zero-order chi connectivity index (χ0) is 13.1. The number of hydrogen-bond acceptors (Lipinski definition) is 3. The average Bonchev–Trinajstić information content (AvgIpc) is 2.36. The van der Waals surface area contributed by atoms with E-state index in [1.807, 2.05) is 6.92 Å². The van der Waals surface area contributed by atoms with Gasteiger partial charge in [-0.25, -0.2) is 9.37 Å². The Labute approximate surface area is 104 Å². The molecule has 1 amide bonds. The highest BCUT2D eigenvalue weighted by molar-refractivity contribution is 6.03. The molecule has 2 rings (SSSR count). The van der Waals surface area contributed by atoms with Gasteiger partial charge in [-0.2, -0.15) is 0 Å². The molecule has 0 aliphatic carbocycles. The number of nitrogens with zero attached hydrogens (tertiary/aromatic N) is 1. The number of anilines is 2. The van der Waals surface area contributed by atoms with Crippen LogP contribution in [0.25, 0.3) is 0 Å². The van der Waals surface area contributed by atoms with Gasteiger partial charge in [0, 0.05) is 11.4 Å². The molecule has 0 aliphatic heterocycles. The third kappa shape index (κ3) is 2.45. The molecule has 0 radical (unpaired) electrons. The van der Waals surface area contributed by atoms with E-state index in [2.05, 4.69) is 10.3 Å². The normalized spacial score (nSPS) is 10.1. The lowest BCUT2D eigenvalue weighted by atomic mass is 10.1. The molecule has 1 heterocycles. The summed E-state index contributed by atoms with van der Waals surface area (Å²) in [6, 6.07) is 7.75. The van der Waals surface area contributed by atoms with E-state index in [9.17, 15) is 9.18 Å². The molecule has 4 nitrogen and oxygen atoms in total. The van der Waals surface area contributed by atoms with E-state index >= 15 is 0 Å². The summed E-state index contributed by atoms with van der Waals surface area (Å²) in [5.41, 5.74) is 7.89. The zero-order valence-corrected chi connectivity index (χ0v) is 9.77. The molecular weight excluding hydrogens is 233 g/mol. The highest BCUT2D eigenvalue weighted by Crippen LogP contribution is 2.20. The SMILES string of the molecule is Cc1c(N)cccc1NC(=O)c1ccc(F)cn1. The quantitative estimate of drug-likeness (QED) is 0.798. The molecule has 0 unspecified atom stereocenters. The van der Waals surface area contributed by atoms with Crippen LogP contribution >= 0.6 is 0 Å². The molecule has 92 valence electrons. The Morgan fingerprint density at radius 3 is 2.78 bits per heavy atom. The molecule has 1 aromatic carbocycles. The van der Waals surface area contributed by atoms with Crippen LogP contribution in [-0.2, 0) is 0 Å². The van der Waals surface area contributed by atoms with Gasteiger partial charge >= 0.3 is 0 Å². The Hall–Kier alpha value is -2.43. The van der Waals surface area contributed by atoms with Crippen LogP contribution < -0.4 is 11.1 Å². The van der Waals surface area contributed by atoms with Crippen LogP contribution in [0.3, 0.4) is 0 Å². The van der Waals surface area contributed by atoms with E-state index < -0.39 is 11.7 Å². The summed E-state index contributed by atoms with van der Waals surface area (Å²) in [6.07, 6.45) is 1.00. The van der Waals surface area contributed by atoms with Gasteiger partial charge in [-0.15, -0.1) is 0 Å². The van der Waals surface area contributed by atoms with E-state index in [0.717, 1.165) is 11.8 Å². The first-order valence-electron chi connectivity index (χ1n) is 5.36. The van der Waals surface area contributed by atoms with E-state index in [0.29, 0.717) is 11.4 Å². The van der Waals surface area contributed by atoms with Crippen molar-refractivity contribution in [1.82, 2.24) is 4.98 Å². The van der Waals surface area contributed by atoms with Crippen molar-refractivity contribution in [2.24, 2.45) is 0 Å². The number of rotatable bonds is 2. The smallest absolute Gasteiger partial charge is 0.274 e. The summed E-state index contributed by atoms with van der Waals surface area (Å²) in [5, 5.41) is 2.68.